The van der Waals surface area contributed by atoms with E-state index in [0.717, 1.165) is 11.0 Å². The Morgan fingerprint density at radius 2 is 1.96 bits per heavy atom. The lowest BCUT2D eigenvalue weighted by Gasteiger charge is -2.13. The lowest BCUT2D eigenvalue weighted by Crippen LogP contribution is -2.26. The van der Waals surface area contributed by atoms with Crippen LogP contribution in [0.4, 0.5) is 10.1 Å². The zero-order valence-corrected chi connectivity index (χ0v) is 15.4. The molecular formula is C19H16FN3O3S. The molecule has 6 nitrogen and oxygen atoms in total. The van der Waals surface area contributed by atoms with E-state index < -0.39 is 17.2 Å². The third kappa shape index (κ3) is 4.17. The lowest BCUT2D eigenvalue weighted by atomic mass is 10.3. The molecule has 0 radical (unpaired) electrons. The molecule has 0 aliphatic carbocycles. The minimum absolute atomic E-state index is 0.0894. The van der Waals surface area contributed by atoms with Crippen LogP contribution in [0.3, 0.4) is 0 Å². The number of methoxy groups -OCH3 is 1. The fourth-order valence-electron chi connectivity index (χ4n) is 2.43. The van der Waals surface area contributed by atoms with Gasteiger partial charge in [-0.3, -0.25) is 9.59 Å². The van der Waals surface area contributed by atoms with E-state index in [4.69, 9.17) is 4.74 Å². The first-order valence-electron chi connectivity index (χ1n) is 7.91. The molecule has 2 aromatic carbocycles. The lowest BCUT2D eigenvalue weighted by molar-refractivity contribution is 0.101. The number of amides is 1. The van der Waals surface area contributed by atoms with Gasteiger partial charge >= 0.3 is 0 Å². The summed E-state index contributed by atoms with van der Waals surface area (Å²) in [4.78, 5) is 25.9. The first kappa shape index (κ1) is 18.7. The molecule has 8 heteroatoms. The van der Waals surface area contributed by atoms with Gasteiger partial charge < -0.3 is 10.1 Å². The number of halogens is 1. The Hall–Kier alpha value is -3.13. The number of hydrogen-bond acceptors (Lipinski definition) is 5. The van der Waals surface area contributed by atoms with Crippen LogP contribution in [0.5, 0.6) is 5.88 Å². The van der Waals surface area contributed by atoms with Crippen LogP contribution < -0.4 is 15.5 Å². The quantitative estimate of drug-likeness (QED) is 0.682. The van der Waals surface area contributed by atoms with E-state index in [1.54, 1.807) is 24.3 Å². The van der Waals surface area contributed by atoms with Gasteiger partial charge in [-0.25, -0.2) is 9.07 Å². The number of hydrogen-bond donors (Lipinski definition) is 1. The molecule has 27 heavy (non-hydrogen) atoms. The maximum Gasteiger partial charge on any atom is 0.280 e. The van der Waals surface area contributed by atoms with Crippen molar-refractivity contribution in [2.45, 2.75) is 4.90 Å². The molecule has 3 rings (SSSR count). The maximum atomic E-state index is 13.6. The summed E-state index contributed by atoms with van der Waals surface area (Å²) in [6, 6.07) is 13.9. The van der Waals surface area contributed by atoms with Crippen molar-refractivity contribution >= 4 is 23.4 Å². The van der Waals surface area contributed by atoms with E-state index in [-0.39, 0.29) is 11.6 Å². The molecule has 0 aliphatic heterocycles. The number of thioether (sulfide) groups is 1. The molecule has 0 bridgehead atoms. The smallest absolute Gasteiger partial charge is 0.280 e. The third-order valence-corrected chi connectivity index (χ3v) is 4.43. The van der Waals surface area contributed by atoms with Crippen LogP contribution in [0.1, 0.15) is 10.5 Å². The summed E-state index contributed by atoms with van der Waals surface area (Å²) in [5.74, 6) is -1.05. The fraction of sp³-hybridized carbons (Fsp3) is 0.105. The van der Waals surface area contributed by atoms with Crippen LogP contribution in [0, 0.1) is 5.82 Å². The summed E-state index contributed by atoms with van der Waals surface area (Å²) >= 11 is 1.53. The third-order valence-electron chi connectivity index (χ3n) is 3.70. The van der Waals surface area contributed by atoms with Crippen LogP contribution in [-0.4, -0.2) is 29.1 Å². The molecule has 1 heterocycles. The Kier molecular flexibility index (Phi) is 5.56. The van der Waals surface area contributed by atoms with Crippen LogP contribution >= 0.6 is 11.8 Å². The number of anilines is 1. The number of aromatic nitrogens is 2. The van der Waals surface area contributed by atoms with Crippen molar-refractivity contribution in [2.75, 3.05) is 18.7 Å². The minimum atomic E-state index is -0.661. The summed E-state index contributed by atoms with van der Waals surface area (Å²) in [5.41, 5.74) is -0.0564. The van der Waals surface area contributed by atoms with Crippen LogP contribution in [-0.2, 0) is 0 Å². The summed E-state index contributed by atoms with van der Waals surface area (Å²) in [6.07, 6.45) is 1.92. The number of benzene rings is 2. The van der Waals surface area contributed by atoms with Crippen molar-refractivity contribution in [1.29, 1.82) is 0 Å². The minimum Gasteiger partial charge on any atom is -0.481 e. The van der Waals surface area contributed by atoms with Crippen LogP contribution in [0.2, 0.25) is 0 Å². The SMILES string of the molecule is COc1cc(=O)c(C(=O)Nc2cccc(SC)c2)nn1-c1cccc(F)c1. The fourth-order valence-corrected chi connectivity index (χ4v) is 2.89. The highest BCUT2D eigenvalue weighted by Gasteiger charge is 2.17. The molecule has 0 atom stereocenters. The normalized spacial score (nSPS) is 10.5. The van der Waals surface area contributed by atoms with Crippen molar-refractivity contribution in [3.05, 3.63) is 76.3 Å². The summed E-state index contributed by atoms with van der Waals surface area (Å²) in [6.45, 7) is 0. The van der Waals surface area contributed by atoms with Gasteiger partial charge in [-0.1, -0.05) is 12.1 Å². The van der Waals surface area contributed by atoms with Gasteiger partial charge in [0.15, 0.2) is 5.69 Å². The zero-order chi connectivity index (χ0) is 19.4. The average Bonchev–Trinajstić information content (AvgIpc) is 2.67. The Bertz CT molecular complexity index is 1050. The van der Waals surface area contributed by atoms with E-state index in [1.807, 2.05) is 12.3 Å². The summed E-state index contributed by atoms with van der Waals surface area (Å²) < 4.78 is 19.9. The number of rotatable bonds is 5. The highest BCUT2D eigenvalue weighted by molar-refractivity contribution is 7.98. The van der Waals surface area contributed by atoms with Gasteiger partial charge in [-0.15, -0.1) is 11.8 Å². The largest absolute Gasteiger partial charge is 0.481 e. The highest BCUT2D eigenvalue weighted by Crippen LogP contribution is 2.20. The molecule has 1 aromatic heterocycles. The van der Waals surface area contributed by atoms with E-state index in [0.29, 0.717) is 11.4 Å². The van der Waals surface area contributed by atoms with Gasteiger partial charge in [0.1, 0.15) is 5.82 Å². The Balaban J connectivity index is 2.01. The molecule has 138 valence electrons. The molecule has 0 saturated heterocycles. The first-order chi connectivity index (χ1) is 13.0. The number of carbonyl (C=O) groups excluding carboxylic acids is 1. The standard InChI is InChI=1S/C19H16FN3O3S/c1-26-17-11-16(24)18(22-23(17)14-7-3-5-12(20)9-14)19(25)21-13-6-4-8-15(10-13)27-2/h3-11H,1-2H3,(H,21,25). The van der Waals surface area contributed by atoms with Gasteiger partial charge in [0, 0.05) is 10.6 Å². The van der Waals surface area contributed by atoms with E-state index in [1.165, 1.54) is 41.8 Å². The molecule has 1 N–H and O–H groups in total. The predicted octanol–water partition coefficient (Wildman–Crippen LogP) is 3.35. The maximum absolute atomic E-state index is 13.6. The topological polar surface area (TPSA) is 73.2 Å². The molecule has 0 saturated carbocycles. The van der Waals surface area contributed by atoms with Gasteiger partial charge in [-0.05, 0) is 42.7 Å². The van der Waals surface area contributed by atoms with E-state index >= 15 is 0 Å². The number of nitrogens with one attached hydrogen (secondary N) is 1. The number of ether oxygens (including phenoxy) is 1. The van der Waals surface area contributed by atoms with E-state index in [2.05, 4.69) is 10.4 Å². The molecule has 0 unspecified atom stereocenters. The first-order valence-corrected chi connectivity index (χ1v) is 9.14. The van der Waals surface area contributed by atoms with Crippen molar-refractivity contribution < 1.29 is 13.9 Å². The van der Waals surface area contributed by atoms with Crippen LogP contribution in [0.15, 0.2) is 64.3 Å². The van der Waals surface area contributed by atoms with Crippen molar-refractivity contribution in [3.8, 4) is 11.6 Å². The van der Waals surface area contributed by atoms with Crippen LogP contribution in [0.25, 0.3) is 5.69 Å². The molecular weight excluding hydrogens is 369 g/mol. The molecule has 0 fully saturated rings. The summed E-state index contributed by atoms with van der Waals surface area (Å²) in [5, 5.41) is 6.75. The second-order valence-corrected chi connectivity index (χ2v) is 6.36. The second-order valence-electron chi connectivity index (χ2n) is 5.48. The highest BCUT2D eigenvalue weighted by atomic mass is 32.2. The summed E-state index contributed by atoms with van der Waals surface area (Å²) in [7, 11) is 1.36. The van der Waals surface area contributed by atoms with Gasteiger partial charge in [0.2, 0.25) is 11.3 Å². The van der Waals surface area contributed by atoms with Gasteiger partial charge in [-0.2, -0.15) is 5.10 Å². The number of carbonyl (C=O) groups is 1. The molecule has 1 amide bonds. The Morgan fingerprint density at radius 1 is 1.19 bits per heavy atom. The second kappa shape index (κ2) is 8.05. The monoisotopic (exact) mass is 385 g/mol. The average molecular weight is 385 g/mol. The van der Waals surface area contributed by atoms with Crippen molar-refractivity contribution in [3.63, 3.8) is 0 Å². The Labute approximate surface area is 159 Å². The number of nitrogens with zero attached hydrogens (tertiary/aromatic N) is 2. The molecule has 3 aromatic rings. The van der Waals surface area contributed by atoms with E-state index in [9.17, 15) is 14.0 Å². The predicted molar refractivity (Wildman–Crippen MR) is 103 cm³/mol. The molecule has 0 spiro atoms. The van der Waals surface area contributed by atoms with Crippen molar-refractivity contribution in [2.24, 2.45) is 0 Å². The van der Waals surface area contributed by atoms with Gasteiger partial charge in [0.25, 0.3) is 5.91 Å². The van der Waals surface area contributed by atoms with Crippen molar-refractivity contribution in [1.82, 2.24) is 9.78 Å². The molecule has 0 aliphatic rings. The Morgan fingerprint density at radius 3 is 2.67 bits per heavy atom. The zero-order valence-electron chi connectivity index (χ0n) is 14.6. The van der Waals surface area contributed by atoms with Gasteiger partial charge in [0.05, 0.1) is 18.9 Å².